The molecule has 0 fully saturated rings. The van der Waals surface area contributed by atoms with Gasteiger partial charge in [0.05, 0.1) is 5.69 Å². The summed E-state index contributed by atoms with van der Waals surface area (Å²) < 4.78 is 1.77. The summed E-state index contributed by atoms with van der Waals surface area (Å²) in [5.74, 6) is -0.102. The molecule has 2 rings (SSSR count). The molecule has 0 bridgehead atoms. The van der Waals surface area contributed by atoms with Gasteiger partial charge in [-0.3, -0.25) is 9.48 Å². The number of aryl methyl sites for hydroxylation is 2. The Morgan fingerprint density at radius 2 is 1.95 bits per heavy atom. The van der Waals surface area contributed by atoms with Crippen LogP contribution < -0.4 is 11.1 Å². The first-order valence-electron chi connectivity index (χ1n) is 7.00. The minimum Gasteiger partial charge on any atom is -0.399 e. The van der Waals surface area contributed by atoms with Gasteiger partial charge in [-0.05, 0) is 57.9 Å². The lowest BCUT2D eigenvalue weighted by atomic mass is 10.1. The molecular weight excluding hydrogens is 264 g/mol. The number of anilines is 2. The molecule has 5 nitrogen and oxygen atoms in total. The number of hydrogen-bond donors (Lipinski definition) is 2. The molecule has 5 heteroatoms. The fourth-order valence-electron chi connectivity index (χ4n) is 2.24. The molecule has 2 aromatic rings. The third-order valence-corrected chi connectivity index (χ3v) is 3.95. The van der Waals surface area contributed by atoms with Gasteiger partial charge in [-0.2, -0.15) is 5.10 Å². The Balaban J connectivity index is 2.23. The maximum absolute atomic E-state index is 12.4. The molecule has 0 aliphatic rings. The highest BCUT2D eigenvalue weighted by Gasteiger charge is 2.20. The largest absolute Gasteiger partial charge is 0.399 e. The van der Waals surface area contributed by atoms with Crippen LogP contribution in [0.3, 0.4) is 0 Å². The van der Waals surface area contributed by atoms with Crippen LogP contribution >= 0.6 is 0 Å². The van der Waals surface area contributed by atoms with Gasteiger partial charge in [0.2, 0.25) is 5.91 Å². The quantitative estimate of drug-likeness (QED) is 0.852. The van der Waals surface area contributed by atoms with E-state index in [9.17, 15) is 4.79 Å². The van der Waals surface area contributed by atoms with Gasteiger partial charge in [0.1, 0.15) is 6.04 Å². The fourth-order valence-corrected chi connectivity index (χ4v) is 2.24. The Morgan fingerprint density at radius 3 is 2.52 bits per heavy atom. The zero-order valence-electron chi connectivity index (χ0n) is 13.2. The Hall–Kier alpha value is -2.30. The lowest BCUT2D eigenvalue weighted by molar-refractivity contribution is -0.119. The minimum atomic E-state index is -0.377. The second-order valence-corrected chi connectivity index (χ2v) is 5.48. The van der Waals surface area contributed by atoms with Gasteiger partial charge in [-0.1, -0.05) is 6.07 Å². The summed E-state index contributed by atoms with van der Waals surface area (Å²) in [7, 11) is 0. The van der Waals surface area contributed by atoms with Crippen LogP contribution in [0.25, 0.3) is 0 Å². The van der Waals surface area contributed by atoms with Crippen molar-refractivity contribution in [2.45, 2.75) is 40.7 Å². The molecule has 0 radical (unpaired) electrons. The van der Waals surface area contributed by atoms with Gasteiger partial charge < -0.3 is 11.1 Å². The van der Waals surface area contributed by atoms with Crippen LogP contribution in [0.1, 0.15) is 35.5 Å². The summed E-state index contributed by atoms with van der Waals surface area (Å²) >= 11 is 0. The van der Waals surface area contributed by atoms with E-state index >= 15 is 0 Å². The van der Waals surface area contributed by atoms with Gasteiger partial charge in [-0.25, -0.2) is 0 Å². The predicted molar refractivity (Wildman–Crippen MR) is 85.4 cm³/mol. The summed E-state index contributed by atoms with van der Waals surface area (Å²) in [6, 6.07) is 5.10. The summed E-state index contributed by atoms with van der Waals surface area (Å²) in [6.45, 7) is 9.72. The first kappa shape index (κ1) is 15.1. The van der Waals surface area contributed by atoms with E-state index in [-0.39, 0.29) is 11.9 Å². The van der Waals surface area contributed by atoms with Gasteiger partial charge in [0.25, 0.3) is 0 Å². The number of hydrogen-bond acceptors (Lipinski definition) is 3. The highest BCUT2D eigenvalue weighted by molar-refractivity contribution is 5.94. The number of nitrogen functional groups attached to an aromatic ring is 1. The molecule has 1 heterocycles. The summed E-state index contributed by atoms with van der Waals surface area (Å²) in [6.07, 6.45) is 0. The molecule has 0 aliphatic carbocycles. The van der Waals surface area contributed by atoms with Crippen LogP contribution in [0.5, 0.6) is 0 Å². The van der Waals surface area contributed by atoms with Gasteiger partial charge in [0.15, 0.2) is 0 Å². The first-order valence-corrected chi connectivity index (χ1v) is 7.00. The van der Waals surface area contributed by atoms with Crippen molar-refractivity contribution < 1.29 is 4.79 Å². The molecule has 3 N–H and O–H groups in total. The van der Waals surface area contributed by atoms with Crippen molar-refractivity contribution in [3.05, 3.63) is 40.7 Å². The zero-order chi connectivity index (χ0) is 15.7. The molecule has 1 amide bonds. The SMILES string of the molecule is Cc1ccc(N)cc1NC(=O)C(C)n1nc(C)c(C)c1C. The van der Waals surface area contributed by atoms with Crippen molar-refractivity contribution in [3.63, 3.8) is 0 Å². The van der Waals surface area contributed by atoms with Crippen LogP contribution in [0.4, 0.5) is 11.4 Å². The Labute approximate surface area is 125 Å². The van der Waals surface area contributed by atoms with Crippen LogP contribution in [0.15, 0.2) is 18.2 Å². The molecule has 0 saturated heterocycles. The van der Waals surface area contributed by atoms with E-state index in [2.05, 4.69) is 10.4 Å². The van der Waals surface area contributed by atoms with E-state index in [1.54, 1.807) is 10.7 Å². The van der Waals surface area contributed by atoms with E-state index in [1.165, 1.54) is 0 Å². The van der Waals surface area contributed by atoms with E-state index in [0.717, 1.165) is 28.2 Å². The van der Waals surface area contributed by atoms with E-state index < -0.39 is 0 Å². The van der Waals surface area contributed by atoms with Crippen LogP contribution in [-0.2, 0) is 4.79 Å². The lowest BCUT2D eigenvalue weighted by Gasteiger charge is -2.16. The molecule has 0 aliphatic heterocycles. The molecule has 1 aromatic carbocycles. The number of nitrogens with two attached hydrogens (primary N) is 1. The van der Waals surface area contributed by atoms with E-state index in [1.807, 2.05) is 46.8 Å². The third-order valence-electron chi connectivity index (χ3n) is 3.95. The van der Waals surface area contributed by atoms with Gasteiger partial charge >= 0.3 is 0 Å². The van der Waals surface area contributed by atoms with Crippen molar-refractivity contribution in [1.29, 1.82) is 0 Å². The van der Waals surface area contributed by atoms with Crippen molar-refractivity contribution in [1.82, 2.24) is 9.78 Å². The number of carbonyl (C=O) groups is 1. The van der Waals surface area contributed by atoms with Crippen molar-refractivity contribution in [3.8, 4) is 0 Å². The molecule has 0 spiro atoms. The maximum atomic E-state index is 12.4. The molecular formula is C16H22N4O. The van der Waals surface area contributed by atoms with Crippen LogP contribution in [0, 0.1) is 27.7 Å². The fraction of sp³-hybridized carbons (Fsp3) is 0.375. The Kier molecular flexibility index (Phi) is 4.02. The van der Waals surface area contributed by atoms with Gasteiger partial charge in [-0.15, -0.1) is 0 Å². The molecule has 0 saturated carbocycles. The number of amides is 1. The zero-order valence-corrected chi connectivity index (χ0v) is 13.2. The molecule has 112 valence electrons. The molecule has 21 heavy (non-hydrogen) atoms. The van der Waals surface area contributed by atoms with Crippen molar-refractivity contribution >= 4 is 17.3 Å². The standard InChI is InChI=1S/C16H22N4O/c1-9-6-7-14(17)8-15(9)18-16(21)13(5)20-12(4)10(2)11(3)19-20/h6-8,13H,17H2,1-5H3,(H,18,21). The highest BCUT2D eigenvalue weighted by atomic mass is 16.2. The monoisotopic (exact) mass is 286 g/mol. The van der Waals surface area contributed by atoms with Gasteiger partial charge in [0, 0.05) is 17.1 Å². The predicted octanol–water partition coefficient (Wildman–Crippen LogP) is 2.90. The number of benzene rings is 1. The summed E-state index contributed by atoms with van der Waals surface area (Å²) in [5, 5.41) is 7.37. The molecule has 1 unspecified atom stereocenters. The van der Waals surface area contributed by atoms with E-state index in [0.29, 0.717) is 5.69 Å². The smallest absolute Gasteiger partial charge is 0.248 e. The number of nitrogens with one attached hydrogen (secondary N) is 1. The lowest BCUT2D eigenvalue weighted by Crippen LogP contribution is -2.25. The average Bonchev–Trinajstić information content (AvgIpc) is 2.69. The topological polar surface area (TPSA) is 72.9 Å². The highest BCUT2D eigenvalue weighted by Crippen LogP contribution is 2.21. The number of aromatic nitrogens is 2. The Morgan fingerprint density at radius 1 is 1.29 bits per heavy atom. The summed E-state index contributed by atoms with van der Waals surface area (Å²) in [4.78, 5) is 12.4. The number of rotatable bonds is 3. The third kappa shape index (κ3) is 2.91. The van der Waals surface area contributed by atoms with Crippen LogP contribution in [0.2, 0.25) is 0 Å². The molecule has 1 atom stereocenters. The average molecular weight is 286 g/mol. The normalized spacial score (nSPS) is 12.2. The van der Waals surface area contributed by atoms with Crippen molar-refractivity contribution in [2.75, 3.05) is 11.1 Å². The first-order chi connectivity index (χ1) is 9.81. The van der Waals surface area contributed by atoms with E-state index in [4.69, 9.17) is 5.73 Å². The maximum Gasteiger partial charge on any atom is 0.248 e. The minimum absolute atomic E-state index is 0.102. The number of nitrogens with zero attached hydrogens (tertiary/aromatic N) is 2. The van der Waals surface area contributed by atoms with Crippen LogP contribution in [-0.4, -0.2) is 15.7 Å². The van der Waals surface area contributed by atoms with Crippen molar-refractivity contribution in [2.24, 2.45) is 0 Å². The second-order valence-electron chi connectivity index (χ2n) is 5.48. The summed E-state index contributed by atoms with van der Waals surface area (Å²) in [5.41, 5.74) is 11.2. The Bertz CT molecular complexity index is 688. The molecule has 1 aromatic heterocycles. The number of carbonyl (C=O) groups excluding carboxylic acids is 1. The second kappa shape index (κ2) is 5.60.